The molecule has 0 radical (unpaired) electrons. The number of halogens is 1. The van der Waals surface area contributed by atoms with Gasteiger partial charge >= 0.3 is 0 Å². The fraction of sp³-hybridized carbons (Fsp3) is 0.136. The summed E-state index contributed by atoms with van der Waals surface area (Å²) in [5, 5.41) is 3.17. The van der Waals surface area contributed by atoms with Gasteiger partial charge in [0, 0.05) is 36.1 Å². The lowest BCUT2D eigenvalue weighted by molar-refractivity contribution is 0.627. The summed E-state index contributed by atoms with van der Waals surface area (Å²) in [6, 6.07) is 15.4. The van der Waals surface area contributed by atoms with E-state index in [9.17, 15) is 9.18 Å². The Hall–Kier alpha value is -3.74. The van der Waals surface area contributed by atoms with Crippen LogP contribution in [0.2, 0.25) is 0 Å². The molecule has 0 fully saturated rings. The molecule has 0 spiro atoms. The van der Waals surface area contributed by atoms with Crippen LogP contribution in [-0.2, 0) is 6.42 Å². The van der Waals surface area contributed by atoms with E-state index in [-0.39, 0.29) is 11.4 Å². The number of benzene rings is 2. The summed E-state index contributed by atoms with van der Waals surface area (Å²) in [7, 11) is 0. The SMILES string of the molecule is CC(=NCCc1cnc[nH]1)c1c(-c2ccccc2)[nH]n(-c2ccc(F)cc2)c1=O. The van der Waals surface area contributed by atoms with E-state index in [2.05, 4.69) is 20.1 Å². The Balaban J connectivity index is 1.76. The normalized spacial score (nSPS) is 11.7. The highest BCUT2D eigenvalue weighted by Crippen LogP contribution is 2.21. The fourth-order valence-corrected chi connectivity index (χ4v) is 3.20. The van der Waals surface area contributed by atoms with E-state index >= 15 is 0 Å². The predicted molar refractivity (Wildman–Crippen MR) is 111 cm³/mol. The van der Waals surface area contributed by atoms with Gasteiger partial charge in [0.1, 0.15) is 5.82 Å². The third kappa shape index (κ3) is 3.94. The van der Waals surface area contributed by atoms with Crippen molar-refractivity contribution in [2.75, 3.05) is 6.54 Å². The Morgan fingerprint density at radius 2 is 1.90 bits per heavy atom. The molecule has 146 valence electrons. The second kappa shape index (κ2) is 8.10. The van der Waals surface area contributed by atoms with Crippen molar-refractivity contribution in [1.82, 2.24) is 19.7 Å². The second-order valence-corrected chi connectivity index (χ2v) is 6.64. The van der Waals surface area contributed by atoms with Gasteiger partial charge in [-0.05, 0) is 31.2 Å². The Bertz CT molecular complexity index is 1170. The highest BCUT2D eigenvalue weighted by Gasteiger charge is 2.19. The maximum absolute atomic E-state index is 13.3. The second-order valence-electron chi connectivity index (χ2n) is 6.64. The molecule has 0 saturated heterocycles. The van der Waals surface area contributed by atoms with Crippen molar-refractivity contribution in [2.45, 2.75) is 13.3 Å². The maximum atomic E-state index is 13.3. The van der Waals surface area contributed by atoms with Crippen molar-refractivity contribution in [3.05, 3.63) is 94.5 Å². The molecule has 0 unspecified atom stereocenters. The standard InChI is InChI=1S/C22H20FN5O/c1-15(25-12-11-18-13-24-14-26-18)20-21(16-5-3-2-4-6-16)27-28(22(20)29)19-9-7-17(23)8-10-19/h2-10,13-14,27H,11-12H2,1H3,(H,24,26). The topological polar surface area (TPSA) is 78.8 Å². The van der Waals surface area contributed by atoms with E-state index < -0.39 is 0 Å². The summed E-state index contributed by atoms with van der Waals surface area (Å²) in [6.07, 6.45) is 4.10. The number of imidazole rings is 1. The molecule has 29 heavy (non-hydrogen) atoms. The zero-order valence-electron chi connectivity index (χ0n) is 15.9. The van der Waals surface area contributed by atoms with Crippen LogP contribution in [0.5, 0.6) is 0 Å². The first-order valence-corrected chi connectivity index (χ1v) is 9.28. The van der Waals surface area contributed by atoms with E-state index in [0.29, 0.717) is 35.6 Å². The van der Waals surface area contributed by atoms with Gasteiger partial charge in [-0.2, -0.15) is 0 Å². The molecule has 6 nitrogen and oxygen atoms in total. The number of nitrogens with one attached hydrogen (secondary N) is 2. The van der Waals surface area contributed by atoms with Crippen LogP contribution in [0, 0.1) is 5.82 Å². The number of aliphatic imine (C=N–C) groups is 1. The van der Waals surface area contributed by atoms with Crippen molar-refractivity contribution in [1.29, 1.82) is 0 Å². The van der Waals surface area contributed by atoms with Crippen molar-refractivity contribution >= 4 is 5.71 Å². The third-order valence-electron chi connectivity index (χ3n) is 4.68. The molecular weight excluding hydrogens is 369 g/mol. The lowest BCUT2D eigenvalue weighted by Gasteiger charge is -2.03. The Kier molecular flexibility index (Phi) is 5.20. The lowest BCUT2D eigenvalue weighted by Crippen LogP contribution is -2.20. The molecule has 2 aromatic carbocycles. The summed E-state index contributed by atoms with van der Waals surface area (Å²) >= 11 is 0. The summed E-state index contributed by atoms with van der Waals surface area (Å²) in [6.45, 7) is 2.36. The first-order chi connectivity index (χ1) is 14.1. The Morgan fingerprint density at radius 3 is 2.59 bits per heavy atom. The minimum absolute atomic E-state index is 0.224. The minimum Gasteiger partial charge on any atom is -0.348 e. The van der Waals surface area contributed by atoms with Crippen LogP contribution in [0.3, 0.4) is 0 Å². The molecule has 0 amide bonds. The quantitative estimate of drug-likeness (QED) is 0.493. The first-order valence-electron chi connectivity index (χ1n) is 9.28. The number of aromatic amines is 2. The van der Waals surface area contributed by atoms with Gasteiger partial charge in [-0.25, -0.2) is 14.1 Å². The molecule has 0 atom stereocenters. The van der Waals surface area contributed by atoms with Crippen molar-refractivity contribution in [3.63, 3.8) is 0 Å². The summed E-state index contributed by atoms with van der Waals surface area (Å²) in [5.74, 6) is -0.353. The van der Waals surface area contributed by atoms with Crippen LogP contribution in [0.4, 0.5) is 4.39 Å². The molecule has 0 aliphatic heterocycles. The van der Waals surface area contributed by atoms with Gasteiger partial charge in [0.15, 0.2) is 0 Å². The molecule has 2 heterocycles. The monoisotopic (exact) mass is 389 g/mol. The molecule has 2 aromatic heterocycles. The van der Waals surface area contributed by atoms with E-state index in [0.717, 1.165) is 11.3 Å². The number of aromatic nitrogens is 4. The van der Waals surface area contributed by atoms with E-state index in [1.807, 2.05) is 37.3 Å². The van der Waals surface area contributed by atoms with Crippen molar-refractivity contribution in [3.8, 4) is 16.9 Å². The largest absolute Gasteiger partial charge is 0.348 e. The summed E-state index contributed by atoms with van der Waals surface area (Å²) < 4.78 is 14.7. The van der Waals surface area contributed by atoms with Crippen LogP contribution in [0.15, 0.2) is 76.9 Å². The molecule has 0 aliphatic rings. The van der Waals surface area contributed by atoms with Crippen LogP contribution in [0.25, 0.3) is 16.9 Å². The maximum Gasteiger partial charge on any atom is 0.280 e. The summed E-state index contributed by atoms with van der Waals surface area (Å²) in [4.78, 5) is 24.9. The lowest BCUT2D eigenvalue weighted by atomic mass is 10.1. The zero-order chi connectivity index (χ0) is 20.2. The van der Waals surface area contributed by atoms with E-state index in [1.165, 1.54) is 16.8 Å². The number of rotatable bonds is 6. The van der Waals surface area contributed by atoms with Gasteiger partial charge in [0.05, 0.1) is 23.3 Å². The van der Waals surface area contributed by atoms with Crippen LogP contribution in [0.1, 0.15) is 18.2 Å². The Morgan fingerprint density at radius 1 is 1.14 bits per heavy atom. The smallest absolute Gasteiger partial charge is 0.280 e. The van der Waals surface area contributed by atoms with Crippen LogP contribution < -0.4 is 5.56 Å². The third-order valence-corrected chi connectivity index (χ3v) is 4.68. The van der Waals surface area contributed by atoms with Crippen LogP contribution in [-0.4, -0.2) is 32.0 Å². The number of nitrogens with zero attached hydrogens (tertiary/aromatic N) is 3. The molecule has 7 heteroatoms. The van der Waals surface area contributed by atoms with Gasteiger partial charge in [0.2, 0.25) is 0 Å². The highest BCUT2D eigenvalue weighted by atomic mass is 19.1. The molecule has 4 aromatic rings. The van der Waals surface area contributed by atoms with E-state index in [4.69, 9.17) is 0 Å². The molecule has 0 saturated carbocycles. The predicted octanol–water partition coefficient (Wildman–Crippen LogP) is 3.75. The number of hydrogen-bond donors (Lipinski definition) is 2. The number of hydrogen-bond acceptors (Lipinski definition) is 3. The first kappa shape index (κ1) is 18.6. The molecule has 2 N–H and O–H groups in total. The van der Waals surface area contributed by atoms with Gasteiger partial charge in [-0.1, -0.05) is 30.3 Å². The van der Waals surface area contributed by atoms with Crippen LogP contribution >= 0.6 is 0 Å². The van der Waals surface area contributed by atoms with Gasteiger partial charge in [0.25, 0.3) is 5.56 Å². The van der Waals surface area contributed by atoms with Gasteiger partial charge < -0.3 is 4.98 Å². The summed E-state index contributed by atoms with van der Waals surface area (Å²) in [5.41, 5.74) is 4.04. The molecule has 0 bridgehead atoms. The molecule has 4 rings (SSSR count). The average molecular weight is 389 g/mol. The van der Waals surface area contributed by atoms with E-state index in [1.54, 1.807) is 24.7 Å². The van der Waals surface area contributed by atoms with Crippen molar-refractivity contribution < 1.29 is 4.39 Å². The minimum atomic E-state index is -0.353. The average Bonchev–Trinajstić information content (AvgIpc) is 3.37. The molecule has 0 aliphatic carbocycles. The zero-order valence-corrected chi connectivity index (χ0v) is 15.9. The molecular formula is C22H20FN5O. The fourth-order valence-electron chi connectivity index (χ4n) is 3.20. The van der Waals surface area contributed by atoms with Crippen molar-refractivity contribution in [2.24, 2.45) is 4.99 Å². The Labute approximate surface area is 166 Å². The van der Waals surface area contributed by atoms with Gasteiger partial charge in [-0.15, -0.1) is 0 Å². The number of H-pyrrole nitrogens is 2. The van der Waals surface area contributed by atoms with Gasteiger partial charge in [-0.3, -0.25) is 14.9 Å². The highest BCUT2D eigenvalue weighted by molar-refractivity contribution is 6.03.